The Bertz CT molecular complexity index is 489. The minimum atomic E-state index is -0.949. The largest absolute Gasteiger partial charge is 0.478 e. The van der Waals surface area contributed by atoms with Crippen LogP contribution in [0.25, 0.3) is 0 Å². The lowest BCUT2D eigenvalue weighted by molar-refractivity contribution is 0.0695. The lowest BCUT2D eigenvalue weighted by Crippen LogP contribution is -2.43. The molecule has 6 heteroatoms. The number of carbonyl (C=O) groups excluding carboxylic acids is 1. The van der Waals surface area contributed by atoms with E-state index in [1.54, 1.807) is 24.3 Å². The Morgan fingerprint density at radius 2 is 1.90 bits per heavy atom. The number of rotatable bonds is 7. The van der Waals surface area contributed by atoms with Crippen LogP contribution < -0.4 is 10.6 Å². The van der Waals surface area contributed by atoms with Gasteiger partial charge >= 0.3 is 12.0 Å². The van der Waals surface area contributed by atoms with Crippen LogP contribution in [-0.2, 0) is 6.42 Å². The average molecular weight is 293 g/mol. The standard InChI is InChI=1S/C15H23N3O3/c1-11(18(2)3)10-17-15(21)16-9-8-12-6-4-5-7-13(12)14(19)20/h4-7,11H,8-10H2,1-3H3,(H,19,20)(H2,16,17,21). The summed E-state index contributed by atoms with van der Waals surface area (Å²) in [6, 6.07) is 6.82. The number of amides is 2. The number of aromatic carboxylic acids is 1. The second kappa shape index (κ2) is 8.26. The number of carboxylic acid groups (broad SMARTS) is 1. The number of carbonyl (C=O) groups is 2. The maximum atomic E-state index is 11.6. The van der Waals surface area contributed by atoms with Crippen molar-refractivity contribution in [1.82, 2.24) is 15.5 Å². The molecule has 21 heavy (non-hydrogen) atoms. The maximum Gasteiger partial charge on any atom is 0.335 e. The summed E-state index contributed by atoms with van der Waals surface area (Å²) in [6.45, 7) is 2.97. The van der Waals surface area contributed by atoms with Crippen molar-refractivity contribution in [2.45, 2.75) is 19.4 Å². The van der Waals surface area contributed by atoms with E-state index in [2.05, 4.69) is 10.6 Å². The van der Waals surface area contributed by atoms with Gasteiger partial charge in [0.25, 0.3) is 0 Å². The van der Waals surface area contributed by atoms with Gasteiger partial charge in [-0.3, -0.25) is 0 Å². The van der Waals surface area contributed by atoms with E-state index in [-0.39, 0.29) is 17.6 Å². The second-order valence-corrected chi connectivity index (χ2v) is 5.16. The Morgan fingerprint density at radius 3 is 2.52 bits per heavy atom. The summed E-state index contributed by atoms with van der Waals surface area (Å²) < 4.78 is 0. The molecule has 3 N–H and O–H groups in total. The topological polar surface area (TPSA) is 81.7 Å². The number of nitrogens with zero attached hydrogens (tertiary/aromatic N) is 1. The molecular formula is C15H23N3O3. The van der Waals surface area contributed by atoms with E-state index < -0.39 is 5.97 Å². The smallest absolute Gasteiger partial charge is 0.335 e. The first kappa shape index (κ1) is 17.0. The third kappa shape index (κ3) is 5.83. The summed E-state index contributed by atoms with van der Waals surface area (Å²) in [4.78, 5) is 24.7. The van der Waals surface area contributed by atoms with Crippen LogP contribution >= 0.6 is 0 Å². The van der Waals surface area contributed by atoms with Crippen LogP contribution in [0.2, 0.25) is 0 Å². The fourth-order valence-corrected chi connectivity index (χ4v) is 1.74. The molecule has 0 saturated carbocycles. The zero-order valence-electron chi connectivity index (χ0n) is 12.7. The molecule has 0 spiro atoms. The van der Waals surface area contributed by atoms with Crippen LogP contribution in [0.4, 0.5) is 4.79 Å². The molecule has 1 atom stereocenters. The highest BCUT2D eigenvalue weighted by atomic mass is 16.4. The highest BCUT2D eigenvalue weighted by Gasteiger charge is 2.10. The van der Waals surface area contributed by atoms with E-state index in [4.69, 9.17) is 5.11 Å². The Balaban J connectivity index is 2.37. The number of carboxylic acids is 1. The molecule has 116 valence electrons. The van der Waals surface area contributed by atoms with Gasteiger partial charge in [0.2, 0.25) is 0 Å². The zero-order valence-corrected chi connectivity index (χ0v) is 12.7. The Labute approximate surface area is 125 Å². The number of hydrogen-bond donors (Lipinski definition) is 3. The van der Waals surface area contributed by atoms with E-state index in [0.717, 1.165) is 0 Å². The number of hydrogen-bond acceptors (Lipinski definition) is 3. The van der Waals surface area contributed by atoms with Crippen LogP contribution in [0.1, 0.15) is 22.8 Å². The second-order valence-electron chi connectivity index (χ2n) is 5.16. The molecule has 0 heterocycles. The number of benzene rings is 1. The maximum absolute atomic E-state index is 11.6. The predicted octanol–water partition coefficient (Wildman–Crippen LogP) is 1.18. The van der Waals surface area contributed by atoms with Gasteiger partial charge in [-0.1, -0.05) is 18.2 Å². The Morgan fingerprint density at radius 1 is 1.24 bits per heavy atom. The van der Waals surface area contributed by atoms with Crippen molar-refractivity contribution in [2.24, 2.45) is 0 Å². The van der Waals surface area contributed by atoms with Crippen LogP contribution in [-0.4, -0.2) is 55.2 Å². The Hall–Kier alpha value is -2.08. The minimum Gasteiger partial charge on any atom is -0.478 e. The summed E-state index contributed by atoms with van der Waals surface area (Å²) in [6.07, 6.45) is 0.485. The molecule has 1 rings (SSSR count). The van der Waals surface area contributed by atoms with Gasteiger partial charge in [-0.05, 0) is 39.1 Å². The molecule has 0 bridgehead atoms. The van der Waals surface area contributed by atoms with Crippen molar-refractivity contribution in [2.75, 3.05) is 27.2 Å². The predicted molar refractivity (Wildman–Crippen MR) is 81.7 cm³/mol. The SMILES string of the molecule is CC(CNC(=O)NCCc1ccccc1C(=O)O)N(C)C. The highest BCUT2D eigenvalue weighted by molar-refractivity contribution is 5.89. The Kier molecular flexibility index (Phi) is 6.68. The average Bonchev–Trinajstić information content (AvgIpc) is 2.44. The fraction of sp³-hybridized carbons (Fsp3) is 0.467. The molecule has 0 fully saturated rings. The normalized spacial score (nSPS) is 12.0. The zero-order chi connectivity index (χ0) is 15.8. The first-order chi connectivity index (χ1) is 9.91. The molecule has 2 amide bonds. The van der Waals surface area contributed by atoms with Crippen molar-refractivity contribution >= 4 is 12.0 Å². The molecule has 0 aliphatic rings. The van der Waals surface area contributed by atoms with Crippen LogP contribution in [0.3, 0.4) is 0 Å². The van der Waals surface area contributed by atoms with Crippen LogP contribution in [0, 0.1) is 0 Å². The first-order valence-electron chi connectivity index (χ1n) is 6.91. The lowest BCUT2D eigenvalue weighted by Gasteiger charge is -2.20. The van der Waals surface area contributed by atoms with Crippen molar-refractivity contribution < 1.29 is 14.7 Å². The molecule has 0 aromatic heterocycles. The van der Waals surface area contributed by atoms with E-state index >= 15 is 0 Å². The van der Waals surface area contributed by atoms with E-state index in [9.17, 15) is 9.59 Å². The third-order valence-electron chi connectivity index (χ3n) is 3.37. The molecule has 0 saturated heterocycles. The van der Waals surface area contributed by atoms with E-state index in [1.807, 2.05) is 25.9 Å². The van der Waals surface area contributed by atoms with Gasteiger partial charge in [-0.25, -0.2) is 9.59 Å². The van der Waals surface area contributed by atoms with Crippen molar-refractivity contribution in [3.05, 3.63) is 35.4 Å². The molecule has 0 aliphatic carbocycles. The first-order valence-corrected chi connectivity index (χ1v) is 6.91. The quantitative estimate of drug-likeness (QED) is 0.705. The molecule has 1 aromatic carbocycles. The van der Waals surface area contributed by atoms with Crippen molar-refractivity contribution in [3.8, 4) is 0 Å². The fourth-order valence-electron chi connectivity index (χ4n) is 1.74. The summed E-state index contributed by atoms with van der Waals surface area (Å²) >= 11 is 0. The summed E-state index contributed by atoms with van der Waals surface area (Å²) in [7, 11) is 3.90. The van der Waals surface area contributed by atoms with E-state index in [0.29, 0.717) is 25.1 Å². The summed E-state index contributed by atoms with van der Waals surface area (Å²) in [5.74, 6) is -0.949. The number of nitrogens with one attached hydrogen (secondary N) is 2. The summed E-state index contributed by atoms with van der Waals surface area (Å²) in [5, 5.41) is 14.6. The van der Waals surface area contributed by atoms with Gasteiger partial charge in [0.05, 0.1) is 5.56 Å². The third-order valence-corrected chi connectivity index (χ3v) is 3.37. The highest BCUT2D eigenvalue weighted by Crippen LogP contribution is 2.08. The van der Waals surface area contributed by atoms with Gasteiger partial charge in [0, 0.05) is 19.1 Å². The lowest BCUT2D eigenvalue weighted by atomic mass is 10.0. The van der Waals surface area contributed by atoms with Gasteiger partial charge in [0.1, 0.15) is 0 Å². The molecule has 6 nitrogen and oxygen atoms in total. The van der Waals surface area contributed by atoms with Gasteiger partial charge < -0.3 is 20.6 Å². The molecular weight excluding hydrogens is 270 g/mol. The monoisotopic (exact) mass is 293 g/mol. The van der Waals surface area contributed by atoms with Crippen molar-refractivity contribution in [1.29, 1.82) is 0 Å². The number of likely N-dealkylation sites (N-methyl/N-ethyl adjacent to an activating group) is 1. The van der Waals surface area contributed by atoms with Crippen LogP contribution in [0.15, 0.2) is 24.3 Å². The minimum absolute atomic E-state index is 0.239. The molecule has 0 radical (unpaired) electrons. The van der Waals surface area contributed by atoms with Crippen LogP contribution in [0.5, 0.6) is 0 Å². The summed E-state index contributed by atoms with van der Waals surface area (Å²) in [5.41, 5.74) is 0.993. The molecule has 1 aromatic rings. The number of urea groups is 1. The van der Waals surface area contributed by atoms with Gasteiger partial charge in [-0.2, -0.15) is 0 Å². The molecule has 0 aliphatic heterocycles. The van der Waals surface area contributed by atoms with Gasteiger partial charge in [0.15, 0.2) is 0 Å². The molecule has 1 unspecified atom stereocenters. The van der Waals surface area contributed by atoms with Crippen molar-refractivity contribution in [3.63, 3.8) is 0 Å². The van der Waals surface area contributed by atoms with Gasteiger partial charge in [-0.15, -0.1) is 0 Å². The van der Waals surface area contributed by atoms with E-state index in [1.165, 1.54) is 0 Å².